The SMILES string of the molecule is CN(C(=O)CCNC1CC1)C1CCOCC1. The van der Waals surface area contributed by atoms with Gasteiger partial charge in [-0.3, -0.25) is 4.79 Å². The van der Waals surface area contributed by atoms with E-state index < -0.39 is 0 Å². The number of carbonyl (C=O) groups is 1. The quantitative estimate of drug-likeness (QED) is 0.752. The average Bonchev–Trinajstić information content (AvgIpc) is 3.13. The highest BCUT2D eigenvalue weighted by Gasteiger charge is 2.23. The summed E-state index contributed by atoms with van der Waals surface area (Å²) >= 11 is 0. The number of nitrogens with one attached hydrogen (secondary N) is 1. The molecule has 1 N–H and O–H groups in total. The van der Waals surface area contributed by atoms with Crippen LogP contribution in [0.25, 0.3) is 0 Å². The number of nitrogens with zero attached hydrogens (tertiary/aromatic N) is 1. The molecule has 1 aliphatic heterocycles. The van der Waals surface area contributed by atoms with Crippen LogP contribution in [-0.4, -0.2) is 49.7 Å². The lowest BCUT2D eigenvalue weighted by atomic mass is 10.1. The van der Waals surface area contributed by atoms with E-state index in [0.29, 0.717) is 18.5 Å². The maximum absolute atomic E-state index is 11.9. The minimum absolute atomic E-state index is 0.264. The Morgan fingerprint density at radius 1 is 1.31 bits per heavy atom. The molecule has 0 aromatic heterocycles. The number of ether oxygens (including phenoxy) is 1. The first-order valence-electron chi connectivity index (χ1n) is 6.34. The molecule has 1 aliphatic carbocycles. The molecule has 1 heterocycles. The van der Waals surface area contributed by atoms with Crippen LogP contribution in [0, 0.1) is 0 Å². The zero-order valence-corrected chi connectivity index (χ0v) is 10.1. The Bertz CT molecular complexity index is 235. The van der Waals surface area contributed by atoms with Gasteiger partial charge in [-0.15, -0.1) is 0 Å². The normalized spacial score (nSPS) is 22.1. The molecule has 2 rings (SSSR count). The van der Waals surface area contributed by atoms with Crippen LogP contribution < -0.4 is 5.32 Å². The first-order valence-corrected chi connectivity index (χ1v) is 6.34. The Morgan fingerprint density at radius 3 is 2.62 bits per heavy atom. The van der Waals surface area contributed by atoms with Crippen molar-refractivity contribution in [1.82, 2.24) is 10.2 Å². The summed E-state index contributed by atoms with van der Waals surface area (Å²) in [6.45, 7) is 2.42. The van der Waals surface area contributed by atoms with E-state index in [9.17, 15) is 4.79 Å². The van der Waals surface area contributed by atoms with Gasteiger partial charge in [0.2, 0.25) is 5.91 Å². The van der Waals surface area contributed by atoms with Crippen molar-refractivity contribution in [2.24, 2.45) is 0 Å². The summed E-state index contributed by atoms with van der Waals surface area (Å²) in [5.74, 6) is 0.264. The van der Waals surface area contributed by atoms with Crippen LogP contribution >= 0.6 is 0 Å². The Hall–Kier alpha value is -0.610. The van der Waals surface area contributed by atoms with Gasteiger partial charge >= 0.3 is 0 Å². The highest BCUT2D eigenvalue weighted by molar-refractivity contribution is 5.76. The van der Waals surface area contributed by atoms with Gasteiger partial charge in [-0.25, -0.2) is 0 Å². The minimum Gasteiger partial charge on any atom is -0.381 e. The van der Waals surface area contributed by atoms with E-state index in [1.807, 2.05) is 11.9 Å². The van der Waals surface area contributed by atoms with Gasteiger partial charge in [0.05, 0.1) is 0 Å². The molecule has 92 valence electrons. The van der Waals surface area contributed by atoms with Gasteiger partial charge in [-0.1, -0.05) is 0 Å². The Kier molecular flexibility index (Phi) is 4.18. The number of hydrogen-bond donors (Lipinski definition) is 1. The van der Waals surface area contributed by atoms with Gasteiger partial charge in [-0.2, -0.15) is 0 Å². The lowest BCUT2D eigenvalue weighted by molar-refractivity contribution is -0.133. The van der Waals surface area contributed by atoms with E-state index >= 15 is 0 Å². The van der Waals surface area contributed by atoms with Crippen molar-refractivity contribution in [1.29, 1.82) is 0 Å². The zero-order valence-electron chi connectivity index (χ0n) is 10.1. The van der Waals surface area contributed by atoms with Crippen molar-refractivity contribution in [2.45, 2.75) is 44.2 Å². The maximum atomic E-state index is 11.9. The van der Waals surface area contributed by atoms with Gasteiger partial charge in [0.1, 0.15) is 0 Å². The smallest absolute Gasteiger partial charge is 0.223 e. The third-order valence-electron chi connectivity index (χ3n) is 3.48. The third-order valence-corrected chi connectivity index (χ3v) is 3.48. The van der Waals surface area contributed by atoms with Crippen LogP contribution in [0.1, 0.15) is 32.1 Å². The van der Waals surface area contributed by atoms with Crippen molar-refractivity contribution in [2.75, 3.05) is 26.8 Å². The summed E-state index contributed by atoms with van der Waals surface area (Å²) < 4.78 is 5.30. The predicted molar refractivity (Wildman–Crippen MR) is 62.3 cm³/mol. The first-order chi connectivity index (χ1) is 7.77. The summed E-state index contributed by atoms with van der Waals surface area (Å²) in [6, 6.07) is 1.09. The summed E-state index contributed by atoms with van der Waals surface area (Å²) in [5.41, 5.74) is 0. The van der Waals surface area contributed by atoms with Gasteiger partial charge in [-0.05, 0) is 25.7 Å². The highest BCUT2D eigenvalue weighted by atomic mass is 16.5. The molecule has 2 fully saturated rings. The fourth-order valence-electron chi connectivity index (χ4n) is 2.12. The molecule has 4 nitrogen and oxygen atoms in total. The first kappa shape index (κ1) is 11.9. The second kappa shape index (κ2) is 5.64. The van der Waals surface area contributed by atoms with Crippen molar-refractivity contribution < 1.29 is 9.53 Å². The lowest BCUT2D eigenvalue weighted by Gasteiger charge is -2.31. The maximum Gasteiger partial charge on any atom is 0.223 e. The average molecular weight is 226 g/mol. The second-order valence-electron chi connectivity index (χ2n) is 4.83. The third kappa shape index (κ3) is 3.46. The van der Waals surface area contributed by atoms with Crippen molar-refractivity contribution in [3.8, 4) is 0 Å². The Morgan fingerprint density at radius 2 is 2.00 bits per heavy atom. The monoisotopic (exact) mass is 226 g/mol. The number of rotatable bonds is 5. The van der Waals surface area contributed by atoms with Crippen LogP contribution in [0.2, 0.25) is 0 Å². The number of hydrogen-bond acceptors (Lipinski definition) is 3. The Labute approximate surface area is 97.3 Å². The molecule has 16 heavy (non-hydrogen) atoms. The summed E-state index contributed by atoms with van der Waals surface area (Å²) in [4.78, 5) is 13.8. The largest absolute Gasteiger partial charge is 0.381 e. The molecule has 0 unspecified atom stereocenters. The topological polar surface area (TPSA) is 41.6 Å². The standard InChI is InChI=1S/C12H22N2O2/c1-14(11-5-8-16-9-6-11)12(15)4-7-13-10-2-3-10/h10-11,13H,2-9H2,1H3. The van der Waals surface area contributed by atoms with Gasteiger partial charge in [0, 0.05) is 45.3 Å². The summed E-state index contributed by atoms with van der Waals surface area (Å²) in [7, 11) is 1.93. The molecule has 0 aromatic rings. The fraction of sp³-hybridized carbons (Fsp3) is 0.917. The van der Waals surface area contributed by atoms with Crippen LogP contribution in [0.5, 0.6) is 0 Å². The van der Waals surface area contributed by atoms with E-state index in [1.165, 1.54) is 12.8 Å². The van der Waals surface area contributed by atoms with E-state index in [2.05, 4.69) is 5.32 Å². The van der Waals surface area contributed by atoms with Crippen molar-refractivity contribution in [3.05, 3.63) is 0 Å². The van der Waals surface area contributed by atoms with Gasteiger partial charge in [0.25, 0.3) is 0 Å². The van der Waals surface area contributed by atoms with E-state index in [4.69, 9.17) is 4.74 Å². The van der Waals surface area contributed by atoms with E-state index in [0.717, 1.165) is 32.6 Å². The molecular formula is C12H22N2O2. The number of amides is 1. The van der Waals surface area contributed by atoms with Crippen LogP contribution in [0.3, 0.4) is 0 Å². The molecule has 2 aliphatic rings. The molecular weight excluding hydrogens is 204 g/mol. The molecule has 1 amide bonds. The minimum atomic E-state index is 0.264. The van der Waals surface area contributed by atoms with E-state index in [-0.39, 0.29) is 5.91 Å². The molecule has 0 aromatic carbocycles. The zero-order chi connectivity index (χ0) is 11.4. The van der Waals surface area contributed by atoms with Crippen molar-refractivity contribution in [3.63, 3.8) is 0 Å². The molecule has 0 bridgehead atoms. The summed E-state index contributed by atoms with van der Waals surface area (Å²) in [5, 5.41) is 3.37. The predicted octanol–water partition coefficient (Wildman–Crippen LogP) is 0.766. The van der Waals surface area contributed by atoms with Crippen molar-refractivity contribution >= 4 is 5.91 Å². The van der Waals surface area contributed by atoms with Gasteiger partial charge in [0.15, 0.2) is 0 Å². The molecule has 1 saturated heterocycles. The Balaban J connectivity index is 1.65. The number of carbonyl (C=O) groups excluding carboxylic acids is 1. The molecule has 0 atom stereocenters. The molecule has 0 spiro atoms. The molecule has 4 heteroatoms. The van der Waals surface area contributed by atoms with Crippen LogP contribution in [0.4, 0.5) is 0 Å². The van der Waals surface area contributed by atoms with Gasteiger partial charge < -0.3 is 15.0 Å². The summed E-state index contributed by atoms with van der Waals surface area (Å²) in [6.07, 6.45) is 5.16. The molecule has 1 saturated carbocycles. The van der Waals surface area contributed by atoms with Crippen LogP contribution in [0.15, 0.2) is 0 Å². The molecule has 0 radical (unpaired) electrons. The highest BCUT2D eigenvalue weighted by Crippen LogP contribution is 2.18. The van der Waals surface area contributed by atoms with Crippen LogP contribution in [-0.2, 0) is 9.53 Å². The van der Waals surface area contributed by atoms with E-state index in [1.54, 1.807) is 0 Å². The lowest BCUT2D eigenvalue weighted by Crippen LogP contribution is -2.41. The fourth-order valence-corrected chi connectivity index (χ4v) is 2.12. The second-order valence-corrected chi connectivity index (χ2v) is 4.83.